The molecule has 0 radical (unpaired) electrons. The molecule has 86 valence electrons. The Labute approximate surface area is 91.6 Å². The molecule has 0 bridgehead atoms. The van der Waals surface area contributed by atoms with E-state index in [1.54, 1.807) is 0 Å². The summed E-state index contributed by atoms with van der Waals surface area (Å²) in [6, 6.07) is 0.357. The van der Waals surface area contributed by atoms with E-state index in [1.165, 1.54) is 0 Å². The van der Waals surface area contributed by atoms with Gasteiger partial charge in [0.1, 0.15) is 0 Å². The fourth-order valence-electron chi connectivity index (χ4n) is 2.45. The van der Waals surface area contributed by atoms with Crippen LogP contribution in [0.1, 0.15) is 46.0 Å². The van der Waals surface area contributed by atoms with Crippen molar-refractivity contribution in [2.24, 2.45) is 5.92 Å². The van der Waals surface area contributed by atoms with E-state index in [1.807, 2.05) is 0 Å². The monoisotopic (exact) mass is 211 g/mol. The topological polar surface area (TPSA) is 41.6 Å². The molecule has 15 heavy (non-hydrogen) atoms. The van der Waals surface area contributed by atoms with Crippen LogP contribution in [0.25, 0.3) is 0 Å². The van der Waals surface area contributed by atoms with E-state index in [0.29, 0.717) is 18.2 Å². The summed E-state index contributed by atoms with van der Waals surface area (Å²) in [6.07, 6.45) is 5.96. The summed E-state index contributed by atoms with van der Waals surface area (Å²) in [4.78, 5) is 11.9. The Hall–Kier alpha value is -0.570. The highest BCUT2D eigenvalue weighted by molar-refractivity contribution is 5.79. The Bertz CT molecular complexity index is 238. The molecule has 1 amide bonds. The summed E-state index contributed by atoms with van der Waals surface area (Å²) in [6.45, 7) is 4.24. The number of hydrogen-bond acceptors (Lipinski definition) is 2. The van der Waals surface area contributed by atoms with Crippen molar-refractivity contribution in [2.75, 3.05) is 0 Å². The predicted molar refractivity (Wildman–Crippen MR) is 58.5 cm³/mol. The van der Waals surface area contributed by atoms with E-state index >= 15 is 0 Å². The van der Waals surface area contributed by atoms with E-state index in [9.17, 15) is 4.79 Å². The van der Waals surface area contributed by atoms with Gasteiger partial charge in [-0.05, 0) is 32.1 Å². The molecule has 0 aromatic heterocycles. The molecule has 0 aromatic rings. The first-order valence-electron chi connectivity index (χ1n) is 6.20. The third kappa shape index (κ3) is 2.51. The number of hydrogen-bond donors (Lipinski definition) is 1. The summed E-state index contributed by atoms with van der Waals surface area (Å²) >= 11 is 0. The number of rotatable bonds is 4. The minimum atomic E-state index is 0.203. The highest BCUT2D eigenvalue weighted by Gasteiger charge is 2.45. The third-order valence-corrected chi connectivity index (χ3v) is 3.71. The van der Waals surface area contributed by atoms with Crippen LogP contribution in [0.2, 0.25) is 0 Å². The van der Waals surface area contributed by atoms with Crippen LogP contribution < -0.4 is 5.32 Å². The molecule has 1 heterocycles. The number of ether oxygens (including phenoxy) is 1. The molecule has 1 aliphatic carbocycles. The van der Waals surface area contributed by atoms with Crippen molar-refractivity contribution in [2.45, 2.75) is 64.2 Å². The number of carbonyl (C=O) groups excluding carboxylic acids is 1. The molecular weight excluding hydrogens is 190 g/mol. The van der Waals surface area contributed by atoms with Gasteiger partial charge in [0.05, 0.1) is 12.2 Å². The van der Waals surface area contributed by atoms with Gasteiger partial charge in [0.25, 0.3) is 0 Å². The van der Waals surface area contributed by atoms with Gasteiger partial charge in [0.15, 0.2) is 0 Å². The molecule has 1 saturated carbocycles. The fourth-order valence-corrected chi connectivity index (χ4v) is 2.45. The quantitative estimate of drug-likeness (QED) is 0.721. The summed E-state index contributed by atoms with van der Waals surface area (Å²) in [5.74, 6) is 0.451. The third-order valence-electron chi connectivity index (χ3n) is 3.71. The number of fused-ring (bicyclic) bond motifs is 1. The van der Waals surface area contributed by atoms with Crippen molar-refractivity contribution in [3.63, 3.8) is 0 Å². The molecule has 3 atom stereocenters. The Balaban J connectivity index is 1.79. The number of nitrogens with one attached hydrogen (secondary N) is 1. The largest absolute Gasteiger partial charge is 0.370 e. The summed E-state index contributed by atoms with van der Waals surface area (Å²) in [5, 5.41) is 3.13. The summed E-state index contributed by atoms with van der Waals surface area (Å²) < 4.78 is 5.44. The van der Waals surface area contributed by atoms with Gasteiger partial charge in [0.2, 0.25) is 5.91 Å². The van der Waals surface area contributed by atoms with Crippen LogP contribution in [0.5, 0.6) is 0 Å². The SMILES string of the molecule is CCC(CC)NC(=O)C1CCC2OC2C1. The van der Waals surface area contributed by atoms with Crippen LogP contribution >= 0.6 is 0 Å². The lowest BCUT2D eigenvalue weighted by Crippen LogP contribution is -2.39. The molecule has 0 aromatic carbocycles. The Morgan fingerprint density at radius 1 is 1.33 bits per heavy atom. The van der Waals surface area contributed by atoms with Gasteiger partial charge < -0.3 is 10.1 Å². The van der Waals surface area contributed by atoms with Crippen molar-refractivity contribution >= 4 is 5.91 Å². The average Bonchev–Trinajstić information content (AvgIpc) is 3.03. The van der Waals surface area contributed by atoms with Gasteiger partial charge >= 0.3 is 0 Å². The standard InChI is InChI=1S/C12H21NO2/c1-3-9(4-2)13-12(14)8-5-6-10-11(7-8)15-10/h8-11H,3-7H2,1-2H3,(H,13,14). The van der Waals surface area contributed by atoms with Gasteiger partial charge in [-0.1, -0.05) is 13.8 Å². The smallest absolute Gasteiger partial charge is 0.223 e. The van der Waals surface area contributed by atoms with E-state index in [4.69, 9.17) is 4.74 Å². The number of carbonyl (C=O) groups is 1. The fraction of sp³-hybridized carbons (Fsp3) is 0.917. The predicted octanol–water partition coefficient (Wildman–Crippen LogP) is 1.86. The molecule has 3 heteroatoms. The van der Waals surface area contributed by atoms with Crippen LogP contribution in [-0.4, -0.2) is 24.2 Å². The van der Waals surface area contributed by atoms with Crippen molar-refractivity contribution < 1.29 is 9.53 Å². The maximum absolute atomic E-state index is 11.9. The van der Waals surface area contributed by atoms with Gasteiger partial charge in [-0.2, -0.15) is 0 Å². The van der Waals surface area contributed by atoms with Crippen molar-refractivity contribution in [3.05, 3.63) is 0 Å². The van der Waals surface area contributed by atoms with Crippen LogP contribution in [0.3, 0.4) is 0 Å². The van der Waals surface area contributed by atoms with Crippen LogP contribution in [0.15, 0.2) is 0 Å². The average molecular weight is 211 g/mol. The van der Waals surface area contributed by atoms with E-state index in [0.717, 1.165) is 32.1 Å². The normalized spacial score (nSPS) is 33.7. The zero-order chi connectivity index (χ0) is 10.8. The number of epoxide rings is 1. The van der Waals surface area contributed by atoms with Gasteiger partial charge in [-0.3, -0.25) is 4.79 Å². The molecule has 3 nitrogen and oxygen atoms in total. The Kier molecular flexibility index (Phi) is 3.29. The van der Waals surface area contributed by atoms with Gasteiger partial charge in [-0.25, -0.2) is 0 Å². The summed E-state index contributed by atoms with van der Waals surface area (Å²) in [5.41, 5.74) is 0. The van der Waals surface area contributed by atoms with Gasteiger partial charge in [-0.15, -0.1) is 0 Å². The Morgan fingerprint density at radius 2 is 2.07 bits per heavy atom. The first kappa shape index (κ1) is 10.9. The van der Waals surface area contributed by atoms with Crippen molar-refractivity contribution in [3.8, 4) is 0 Å². The van der Waals surface area contributed by atoms with Crippen molar-refractivity contribution in [1.29, 1.82) is 0 Å². The van der Waals surface area contributed by atoms with Crippen LogP contribution in [-0.2, 0) is 9.53 Å². The molecule has 3 unspecified atom stereocenters. The molecular formula is C12H21NO2. The lowest BCUT2D eigenvalue weighted by atomic mass is 9.88. The first-order chi connectivity index (χ1) is 7.24. The van der Waals surface area contributed by atoms with Crippen molar-refractivity contribution in [1.82, 2.24) is 5.32 Å². The maximum atomic E-state index is 11.9. The number of amides is 1. The second-order valence-electron chi connectivity index (χ2n) is 4.74. The summed E-state index contributed by atoms with van der Waals surface area (Å²) in [7, 11) is 0. The highest BCUT2D eigenvalue weighted by atomic mass is 16.6. The lowest BCUT2D eigenvalue weighted by molar-refractivity contribution is -0.126. The minimum absolute atomic E-state index is 0.203. The second kappa shape index (κ2) is 4.52. The van der Waals surface area contributed by atoms with Crippen LogP contribution in [0, 0.1) is 5.92 Å². The molecule has 1 saturated heterocycles. The van der Waals surface area contributed by atoms with E-state index in [2.05, 4.69) is 19.2 Å². The zero-order valence-corrected chi connectivity index (χ0v) is 9.66. The molecule has 2 rings (SSSR count). The Morgan fingerprint density at radius 3 is 2.67 bits per heavy atom. The second-order valence-corrected chi connectivity index (χ2v) is 4.74. The lowest BCUT2D eigenvalue weighted by Gasteiger charge is -2.22. The first-order valence-corrected chi connectivity index (χ1v) is 6.20. The molecule has 1 N–H and O–H groups in total. The van der Waals surface area contributed by atoms with Gasteiger partial charge in [0, 0.05) is 12.0 Å². The minimum Gasteiger partial charge on any atom is -0.370 e. The molecule has 1 aliphatic heterocycles. The van der Waals surface area contributed by atoms with E-state index in [-0.39, 0.29) is 11.8 Å². The van der Waals surface area contributed by atoms with E-state index < -0.39 is 0 Å². The highest BCUT2D eigenvalue weighted by Crippen LogP contribution is 2.39. The molecule has 0 spiro atoms. The maximum Gasteiger partial charge on any atom is 0.223 e. The molecule has 2 fully saturated rings. The van der Waals surface area contributed by atoms with Crippen LogP contribution in [0.4, 0.5) is 0 Å². The molecule has 2 aliphatic rings. The zero-order valence-electron chi connectivity index (χ0n) is 9.66.